The van der Waals surface area contributed by atoms with Crippen LogP contribution in [0.4, 0.5) is 5.69 Å². The van der Waals surface area contributed by atoms with Crippen LogP contribution in [-0.2, 0) is 20.9 Å². The van der Waals surface area contributed by atoms with Gasteiger partial charge in [0.2, 0.25) is 5.91 Å². The smallest absolute Gasteiger partial charge is 0.251 e. The van der Waals surface area contributed by atoms with Gasteiger partial charge in [0.15, 0.2) is 5.78 Å². The Morgan fingerprint density at radius 2 is 1.64 bits per heavy atom. The summed E-state index contributed by atoms with van der Waals surface area (Å²) in [6.07, 6.45) is 7.46. The maximum atomic E-state index is 13.8. The molecule has 8 heteroatoms. The molecule has 1 unspecified atom stereocenters. The number of nitrogens with zero attached hydrogens (tertiary/aromatic N) is 2. The van der Waals surface area contributed by atoms with Crippen molar-refractivity contribution in [3.8, 4) is 11.1 Å². The second-order valence-electron chi connectivity index (χ2n) is 13.0. The highest BCUT2D eigenvalue weighted by molar-refractivity contribution is 6.00. The Bertz CT molecular complexity index is 1460. The summed E-state index contributed by atoms with van der Waals surface area (Å²) in [6, 6.07) is 13.4. The maximum absolute atomic E-state index is 13.8. The first-order valence-corrected chi connectivity index (χ1v) is 16.3. The number of nitrogens with one attached hydrogen (secondary N) is 2. The molecule has 0 spiro atoms. The summed E-state index contributed by atoms with van der Waals surface area (Å²) in [5.41, 5.74) is 7.78. The van der Waals surface area contributed by atoms with Crippen LogP contribution in [0.3, 0.4) is 0 Å². The van der Waals surface area contributed by atoms with Crippen LogP contribution in [-0.4, -0.2) is 74.5 Å². The zero-order valence-corrected chi connectivity index (χ0v) is 27.4. The fraction of sp³-hybridized carbons (Fsp3) is 0.486. The average Bonchev–Trinajstić information content (AvgIpc) is 3.01. The van der Waals surface area contributed by atoms with E-state index in [1.807, 2.05) is 32.9 Å². The van der Waals surface area contributed by atoms with E-state index in [-0.39, 0.29) is 36.1 Å². The van der Waals surface area contributed by atoms with Gasteiger partial charge in [-0.05, 0) is 92.5 Å². The summed E-state index contributed by atoms with van der Waals surface area (Å²) in [4.78, 5) is 42.9. The van der Waals surface area contributed by atoms with Crippen LogP contribution in [0.25, 0.3) is 11.1 Å². The van der Waals surface area contributed by atoms with E-state index >= 15 is 0 Å². The van der Waals surface area contributed by atoms with Gasteiger partial charge in [-0.15, -0.1) is 0 Å². The third-order valence-corrected chi connectivity index (χ3v) is 9.64. The molecule has 1 atom stereocenters. The first-order chi connectivity index (χ1) is 21.6. The Morgan fingerprint density at radius 3 is 2.29 bits per heavy atom. The van der Waals surface area contributed by atoms with Gasteiger partial charge in [0.25, 0.3) is 5.91 Å². The summed E-state index contributed by atoms with van der Waals surface area (Å²) < 4.78 is 5.50. The molecule has 2 N–H and O–H groups in total. The lowest BCUT2D eigenvalue weighted by Gasteiger charge is -2.37. The molecule has 5 rings (SSSR count). The van der Waals surface area contributed by atoms with E-state index in [0.717, 1.165) is 92.1 Å². The standard InChI is InChI=1S/C37H48N4O4/c1-24-18-25(2)34(36(43)19-24)22-38-37(44)33-20-30(29-8-6-28(7-9-29)23-41-14-16-45-17-15-41)21-35(26(33)3)40(5)32-12-10-31(11-13-32)39-27(4)42/h6-9,18-21,31-32,34H,10-17,22-23H2,1-5H3,(H,38,44)(H,39,42). The molecule has 1 saturated carbocycles. The predicted octanol–water partition coefficient (Wildman–Crippen LogP) is 5.20. The van der Waals surface area contributed by atoms with Gasteiger partial charge in [-0.25, -0.2) is 0 Å². The lowest BCUT2D eigenvalue weighted by atomic mass is 9.88. The number of hydrogen-bond donors (Lipinski definition) is 2. The van der Waals surface area contributed by atoms with Crippen molar-refractivity contribution in [2.24, 2.45) is 5.92 Å². The van der Waals surface area contributed by atoms with E-state index in [2.05, 4.69) is 57.8 Å². The number of amides is 2. The molecular weight excluding hydrogens is 564 g/mol. The Labute approximate surface area is 267 Å². The molecule has 3 aliphatic rings. The van der Waals surface area contributed by atoms with Crippen LogP contribution in [0, 0.1) is 12.8 Å². The van der Waals surface area contributed by atoms with E-state index in [9.17, 15) is 14.4 Å². The number of ether oxygens (including phenoxy) is 1. The SMILES string of the molecule is CC(=O)NC1CCC(N(C)c2cc(-c3ccc(CN4CCOCC4)cc3)cc(C(=O)NCC3C(=O)C=C(C)C=C3C)c2C)CC1. The van der Waals surface area contributed by atoms with Crippen molar-refractivity contribution in [2.75, 3.05) is 44.8 Å². The van der Waals surface area contributed by atoms with Crippen molar-refractivity contribution in [1.82, 2.24) is 15.5 Å². The van der Waals surface area contributed by atoms with Gasteiger partial charge in [0.05, 0.1) is 19.1 Å². The molecule has 2 aromatic rings. The molecule has 2 amide bonds. The number of benzene rings is 2. The number of morpholine rings is 1. The van der Waals surface area contributed by atoms with Crippen molar-refractivity contribution in [2.45, 2.75) is 72.0 Å². The van der Waals surface area contributed by atoms with Crippen molar-refractivity contribution >= 4 is 23.3 Å². The average molecular weight is 613 g/mol. The second-order valence-corrected chi connectivity index (χ2v) is 13.0. The first-order valence-electron chi connectivity index (χ1n) is 16.3. The van der Waals surface area contributed by atoms with Crippen molar-refractivity contribution in [3.63, 3.8) is 0 Å². The molecule has 0 aromatic heterocycles. The quantitative estimate of drug-likeness (QED) is 0.405. The van der Waals surface area contributed by atoms with Crippen LogP contribution in [0.2, 0.25) is 0 Å². The fourth-order valence-electron chi connectivity index (χ4n) is 6.98. The molecule has 45 heavy (non-hydrogen) atoms. The molecule has 240 valence electrons. The highest BCUT2D eigenvalue weighted by Crippen LogP contribution is 2.35. The number of anilines is 1. The summed E-state index contributed by atoms with van der Waals surface area (Å²) >= 11 is 0. The number of ketones is 1. The lowest BCUT2D eigenvalue weighted by molar-refractivity contribution is -0.120. The summed E-state index contributed by atoms with van der Waals surface area (Å²) in [5, 5.41) is 6.16. The topological polar surface area (TPSA) is 91.0 Å². The van der Waals surface area contributed by atoms with Crippen LogP contribution < -0.4 is 15.5 Å². The van der Waals surface area contributed by atoms with E-state index in [1.165, 1.54) is 5.56 Å². The van der Waals surface area contributed by atoms with E-state index in [1.54, 1.807) is 13.0 Å². The van der Waals surface area contributed by atoms with Gasteiger partial charge >= 0.3 is 0 Å². The highest BCUT2D eigenvalue weighted by Gasteiger charge is 2.28. The number of rotatable bonds is 9. The molecule has 1 aliphatic heterocycles. The third kappa shape index (κ3) is 8.10. The number of carbonyl (C=O) groups is 3. The minimum Gasteiger partial charge on any atom is -0.379 e. The summed E-state index contributed by atoms with van der Waals surface area (Å²) in [6.45, 7) is 12.1. The normalized spacial score (nSPS) is 22.3. The maximum Gasteiger partial charge on any atom is 0.251 e. The molecule has 0 radical (unpaired) electrons. The van der Waals surface area contributed by atoms with Gasteiger partial charge in [0.1, 0.15) is 0 Å². The van der Waals surface area contributed by atoms with E-state index in [4.69, 9.17) is 4.74 Å². The van der Waals surface area contributed by atoms with Gasteiger partial charge in [0, 0.05) is 63.5 Å². The Hall–Kier alpha value is -3.75. The third-order valence-electron chi connectivity index (χ3n) is 9.64. The van der Waals surface area contributed by atoms with Gasteiger partial charge in [-0.3, -0.25) is 19.3 Å². The van der Waals surface area contributed by atoms with Crippen molar-refractivity contribution in [3.05, 3.63) is 76.4 Å². The fourth-order valence-corrected chi connectivity index (χ4v) is 6.98. The summed E-state index contributed by atoms with van der Waals surface area (Å²) in [5.74, 6) is -0.463. The van der Waals surface area contributed by atoms with Crippen LogP contribution in [0.15, 0.2) is 59.7 Å². The zero-order valence-electron chi connectivity index (χ0n) is 27.4. The second kappa shape index (κ2) is 14.6. The minimum absolute atomic E-state index is 0.0220. The molecule has 2 fully saturated rings. The lowest BCUT2D eigenvalue weighted by Crippen LogP contribution is -2.42. The number of allylic oxidation sites excluding steroid dienone is 3. The highest BCUT2D eigenvalue weighted by atomic mass is 16.5. The monoisotopic (exact) mass is 612 g/mol. The van der Waals surface area contributed by atoms with Gasteiger partial charge in [-0.2, -0.15) is 0 Å². The molecule has 2 aliphatic carbocycles. The van der Waals surface area contributed by atoms with E-state index in [0.29, 0.717) is 11.6 Å². The summed E-state index contributed by atoms with van der Waals surface area (Å²) in [7, 11) is 2.12. The molecule has 0 bridgehead atoms. The zero-order chi connectivity index (χ0) is 32.1. The molecular formula is C37H48N4O4. The molecule has 1 saturated heterocycles. The number of hydrogen-bond acceptors (Lipinski definition) is 6. The van der Waals surface area contributed by atoms with Crippen LogP contribution in [0.5, 0.6) is 0 Å². The molecule has 2 aromatic carbocycles. The Balaban J connectivity index is 1.40. The van der Waals surface area contributed by atoms with E-state index < -0.39 is 0 Å². The molecule has 1 heterocycles. The van der Waals surface area contributed by atoms with Crippen LogP contribution in [0.1, 0.15) is 67.9 Å². The Morgan fingerprint density at radius 1 is 0.956 bits per heavy atom. The predicted molar refractivity (Wildman–Crippen MR) is 179 cm³/mol. The number of carbonyl (C=O) groups excluding carboxylic acids is 3. The van der Waals surface area contributed by atoms with Gasteiger partial charge in [-0.1, -0.05) is 35.9 Å². The van der Waals surface area contributed by atoms with Gasteiger partial charge < -0.3 is 20.3 Å². The van der Waals surface area contributed by atoms with Crippen LogP contribution >= 0.6 is 0 Å². The largest absolute Gasteiger partial charge is 0.379 e. The Kier molecular flexibility index (Phi) is 10.6. The van der Waals surface area contributed by atoms with Crippen molar-refractivity contribution in [1.29, 1.82) is 0 Å². The molecule has 8 nitrogen and oxygen atoms in total. The van der Waals surface area contributed by atoms with Crippen molar-refractivity contribution < 1.29 is 19.1 Å². The minimum atomic E-state index is -0.346. The first kappa shape index (κ1) is 32.6.